The van der Waals surface area contributed by atoms with Gasteiger partial charge in [0, 0.05) is 22.9 Å². The highest BCUT2D eigenvalue weighted by molar-refractivity contribution is 7.99. The molecular weight excluding hydrogens is 459 g/mol. The molecule has 2 heterocycles. The molecule has 0 spiro atoms. The Morgan fingerprint density at radius 1 is 1.34 bits per heavy atom. The van der Waals surface area contributed by atoms with Crippen molar-refractivity contribution in [2.24, 2.45) is 0 Å². The predicted molar refractivity (Wildman–Crippen MR) is 118 cm³/mol. The number of rotatable bonds is 12. The number of hydrogen-bond donors (Lipinski definition) is 2. The van der Waals surface area contributed by atoms with Crippen molar-refractivity contribution in [1.82, 2.24) is 15.5 Å². The van der Waals surface area contributed by atoms with Crippen molar-refractivity contribution in [2.75, 3.05) is 13.2 Å². The van der Waals surface area contributed by atoms with Crippen LogP contribution < -0.4 is 5.32 Å². The molecule has 2 aromatic heterocycles. The first-order valence-corrected chi connectivity index (χ1v) is 11.9. The number of nitro benzene ring substituents is 1. The molecule has 32 heavy (non-hydrogen) atoms. The van der Waals surface area contributed by atoms with Crippen molar-refractivity contribution in [2.45, 2.75) is 37.3 Å². The molecule has 0 aliphatic carbocycles. The van der Waals surface area contributed by atoms with E-state index in [4.69, 9.17) is 13.7 Å². The van der Waals surface area contributed by atoms with Crippen LogP contribution in [0.4, 0.5) is 5.69 Å². The number of furan rings is 1. The number of non-ortho nitro benzene ring substituents is 1. The van der Waals surface area contributed by atoms with Gasteiger partial charge in [0.2, 0.25) is 0 Å². The zero-order chi connectivity index (χ0) is 23.1. The van der Waals surface area contributed by atoms with E-state index in [2.05, 4.69) is 20.0 Å². The first-order valence-electron chi connectivity index (χ1n) is 9.74. The van der Waals surface area contributed by atoms with E-state index < -0.39 is 13.2 Å². The molecule has 0 bridgehead atoms. The SMILES string of the molecule is Cc1cc(CNCCCO[PH](=O)O)oc1-c1nnc(SC(C)c2cccc([N+](=O)[O-])c2)o1. The molecule has 3 rings (SSSR count). The fourth-order valence-corrected chi connectivity index (χ4v) is 3.99. The highest BCUT2D eigenvalue weighted by Crippen LogP contribution is 2.37. The van der Waals surface area contributed by atoms with Crippen LogP contribution in [0.2, 0.25) is 0 Å². The minimum absolute atomic E-state index is 0.0328. The van der Waals surface area contributed by atoms with Gasteiger partial charge in [-0.2, -0.15) is 0 Å². The van der Waals surface area contributed by atoms with Gasteiger partial charge in [0.1, 0.15) is 5.76 Å². The van der Waals surface area contributed by atoms with Crippen LogP contribution in [-0.4, -0.2) is 33.2 Å². The molecule has 1 aromatic carbocycles. The van der Waals surface area contributed by atoms with Crippen LogP contribution in [0.15, 0.2) is 44.4 Å². The molecule has 2 N–H and O–H groups in total. The normalized spacial score (nSPS) is 13.2. The third-order valence-electron chi connectivity index (χ3n) is 4.42. The summed E-state index contributed by atoms with van der Waals surface area (Å²) in [7, 11) is -2.88. The van der Waals surface area contributed by atoms with E-state index in [9.17, 15) is 14.7 Å². The summed E-state index contributed by atoms with van der Waals surface area (Å²) in [6.45, 7) is 5.05. The topological polar surface area (TPSA) is 154 Å². The molecule has 0 aliphatic heterocycles. The van der Waals surface area contributed by atoms with Crippen molar-refractivity contribution in [1.29, 1.82) is 0 Å². The fraction of sp³-hybridized carbons (Fsp3) is 0.368. The average molecular weight is 482 g/mol. The number of benzene rings is 1. The Bertz CT molecular complexity index is 1090. The van der Waals surface area contributed by atoms with E-state index in [1.165, 1.54) is 23.9 Å². The van der Waals surface area contributed by atoms with Crippen molar-refractivity contribution < 1.29 is 27.7 Å². The third-order valence-corrected chi connectivity index (χ3v) is 5.86. The molecule has 0 saturated carbocycles. The Balaban J connectivity index is 1.57. The minimum Gasteiger partial charge on any atom is -0.454 e. The van der Waals surface area contributed by atoms with Crippen molar-refractivity contribution >= 4 is 25.7 Å². The first-order chi connectivity index (χ1) is 15.3. The molecule has 0 fully saturated rings. The lowest BCUT2D eigenvalue weighted by molar-refractivity contribution is -0.384. The van der Waals surface area contributed by atoms with Crippen LogP contribution in [0, 0.1) is 17.0 Å². The number of thioether (sulfide) groups is 1. The summed E-state index contributed by atoms with van der Waals surface area (Å²) in [4.78, 5) is 19.2. The van der Waals surface area contributed by atoms with Gasteiger partial charge in [0.15, 0.2) is 5.76 Å². The molecule has 172 valence electrons. The number of nitrogens with zero attached hydrogens (tertiary/aromatic N) is 3. The molecule has 0 saturated heterocycles. The number of nitrogens with one attached hydrogen (secondary N) is 1. The second kappa shape index (κ2) is 11.4. The summed E-state index contributed by atoms with van der Waals surface area (Å²) in [6.07, 6.45) is 0.594. The van der Waals surface area contributed by atoms with Crippen LogP contribution in [0.25, 0.3) is 11.7 Å². The van der Waals surface area contributed by atoms with Crippen LogP contribution in [0.1, 0.15) is 35.5 Å². The highest BCUT2D eigenvalue weighted by Gasteiger charge is 2.19. The Morgan fingerprint density at radius 2 is 2.16 bits per heavy atom. The summed E-state index contributed by atoms with van der Waals surface area (Å²) < 4.78 is 26.7. The largest absolute Gasteiger partial charge is 0.454 e. The van der Waals surface area contributed by atoms with Gasteiger partial charge in [-0.15, -0.1) is 10.2 Å². The summed E-state index contributed by atoms with van der Waals surface area (Å²) in [5.41, 5.74) is 1.66. The number of nitro groups is 1. The zero-order valence-electron chi connectivity index (χ0n) is 17.4. The maximum atomic E-state index is 11.0. The van der Waals surface area contributed by atoms with E-state index in [0.717, 1.165) is 11.1 Å². The van der Waals surface area contributed by atoms with Crippen molar-refractivity contribution in [3.63, 3.8) is 0 Å². The summed E-state index contributed by atoms with van der Waals surface area (Å²) in [6, 6.07) is 8.31. The van der Waals surface area contributed by atoms with Crippen molar-refractivity contribution in [3.8, 4) is 11.7 Å². The van der Waals surface area contributed by atoms with Crippen molar-refractivity contribution in [3.05, 3.63) is 57.3 Å². The summed E-state index contributed by atoms with van der Waals surface area (Å²) in [5.74, 6) is 1.42. The van der Waals surface area contributed by atoms with E-state index in [1.54, 1.807) is 6.07 Å². The Hall–Kier alpha value is -2.50. The van der Waals surface area contributed by atoms with E-state index in [0.29, 0.717) is 36.3 Å². The Kier molecular flexibility index (Phi) is 8.60. The van der Waals surface area contributed by atoms with Gasteiger partial charge >= 0.3 is 8.25 Å². The molecule has 11 nitrogen and oxygen atoms in total. The predicted octanol–water partition coefficient (Wildman–Crippen LogP) is 4.28. The molecule has 3 aromatic rings. The van der Waals surface area contributed by atoms with Gasteiger partial charge in [-0.3, -0.25) is 14.7 Å². The van der Waals surface area contributed by atoms with Gasteiger partial charge in [-0.05, 0) is 38.4 Å². The van der Waals surface area contributed by atoms with Gasteiger partial charge in [-0.25, -0.2) is 0 Å². The second-order valence-electron chi connectivity index (χ2n) is 6.85. The lowest BCUT2D eigenvalue weighted by Crippen LogP contribution is -2.15. The molecule has 0 aliphatic rings. The Labute approximate surface area is 188 Å². The average Bonchev–Trinajstić information content (AvgIpc) is 3.36. The maximum absolute atomic E-state index is 11.0. The van der Waals surface area contributed by atoms with E-state index >= 15 is 0 Å². The molecule has 13 heteroatoms. The van der Waals surface area contributed by atoms with Crippen LogP contribution in [-0.2, 0) is 15.6 Å². The van der Waals surface area contributed by atoms with E-state index in [-0.39, 0.29) is 23.4 Å². The summed E-state index contributed by atoms with van der Waals surface area (Å²) in [5, 5.41) is 22.5. The lowest BCUT2D eigenvalue weighted by atomic mass is 10.1. The highest BCUT2D eigenvalue weighted by atomic mass is 32.2. The molecule has 0 radical (unpaired) electrons. The van der Waals surface area contributed by atoms with E-state index in [1.807, 2.05) is 26.0 Å². The molecule has 0 amide bonds. The smallest absolute Gasteiger partial charge is 0.316 e. The molecule has 2 unspecified atom stereocenters. The molecule has 2 atom stereocenters. The number of hydrogen-bond acceptors (Lipinski definition) is 10. The van der Waals surface area contributed by atoms with Crippen LogP contribution in [0.3, 0.4) is 0 Å². The third kappa shape index (κ3) is 6.75. The van der Waals surface area contributed by atoms with Gasteiger partial charge in [0.05, 0.1) is 18.1 Å². The van der Waals surface area contributed by atoms with Crippen LogP contribution in [0.5, 0.6) is 0 Å². The zero-order valence-corrected chi connectivity index (χ0v) is 19.3. The maximum Gasteiger partial charge on any atom is 0.316 e. The van der Waals surface area contributed by atoms with Gasteiger partial charge in [-0.1, -0.05) is 23.9 Å². The first kappa shape index (κ1) is 24.1. The monoisotopic (exact) mass is 482 g/mol. The Morgan fingerprint density at radius 3 is 2.91 bits per heavy atom. The minimum atomic E-state index is -2.88. The van der Waals surface area contributed by atoms with Crippen LogP contribution >= 0.6 is 20.0 Å². The lowest BCUT2D eigenvalue weighted by Gasteiger charge is -2.08. The standard InChI is InChI=1S/C19H23N4O7PS/c1-12-9-16(11-20-7-4-8-28-31(26)27)29-17(12)18-21-22-19(30-18)32-13(2)14-5-3-6-15(10-14)23(24)25/h3,5-6,9-10,13,20,31H,4,7-8,11H2,1-2H3,(H,26,27). The molecular formula is C19H23N4O7PS. The second-order valence-corrected chi connectivity index (χ2v) is 8.97. The quantitative estimate of drug-likeness (QED) is 0.125. The fourth-order valence-electron chi connectivity index (χ4n) is 2.88. The van der Waals surface area contributed by atoms with Gasteiger partial charge in [0.25, 0.3) is 16.8 Å². The number of aromatic nitrogens is 2. The summed E-state index contributed by atoms with van der Waals surface area (Å²) >= 11 is 1.30. The number of aryl methyl sites for hydroxylation is 1. The van der Waals surface area contributed by atoms with Gasteiger partial charge < -0.3 is 23.6 Å².